The van der Waals surface area contributed by atoms with E-state index < -0.39 is 12.0 Å². The average Bonchev–Trinajstić information content (AvgIpc) is 3.12. The smallest absolute Gasteiger partial charge is 0.332 e. The highest BCUT2D eigenvalue weighted by Gasteiger charge is 2.37. The minimum absolute atomic E-state index is 0.155. The molecule has 8 nitrogen and oxygen atoms in total. The Morgan fingerprint density at radius 2 is 2.21 bits per heavy atom. The first-order chi connectivity index (χ1) is 11.5. The Labute approximate surface area is 139 Å². The lowest BCUT2D eigenvalue weighted by Crippen LogP contribution is -2.43. The van der Waals surface area contributed by atoms with E-state index in [2.05, 4.69) is 15.1 Å². The maximum Gasteiger partial charge on any atom is 0.332 e. The van der Waals surface area contributed by atoms with E-state index >= 15 is 0 Å². The van der Waals surface area contributed by atoms with Crippen molar-refractivity contribution in [2.24, 2.45) is 0 Å². The maximum atomic E-state index is 12.5. The number of carbonyl (C=O) groups is 2. The molecule has 1 aliphatic heterocycles. The van der Waals surface area contributed by atoms with Crippen LogP contribution in [0.25, 0.3) is 0 Å². The molecule has 0 saturated heterocycles. The SMILES string of the molecule is Cc1cc(C)n(CCCC(=O)N2CCc3[nH]cnc3[C@@H]2C(=O)O)n1. The van der Waals surface area contributed by atoms with Gasteiger partial charge in [-0.1, -0.05) is 0 Å². The van der Waals surface area contributed by atoms with Gasteiger partial charge in [0.1, 0.15) is 0 Å². The van der Waals surface area contributed by atoms with Gasteiger partial charge in [0.25, 0.3) is 0 Å². The lowest BCUT2D eigenvalue weighted by molar-refractivity contribution is -0.151. The van der Waals surface area contributed by atoms with Crippen LogP contribution in [-0.2, 0) is 22.6 Å². The van der Waals surface area contributed by atoms with Crippen LogP contribution in [0.2, 0.25) is 0 Å². The predicted octanol–water partition coefficient (Wildman–Crippen LogP) is 1.21. The Bertz CT molecular complexity index is 764. The van der Waals surface area contributed by atoms with E-state index in [1.165, 1.54) is 11.2 Å². The summed E-state index contributed by atoms with van der Waals surface area (Å²) in [6.45, 7) is 4.95. The van der Waals surface area contributed by atoms with Gasteiger partial charge in [0.15, 0.2) is 6.04 Å². The molecule has 1 atom stereocenters. The number of rotatable bonds is 5. The molecule has 0 bridgehead atoms. The molecule has 1 amide bonds. The van der Waals surface area contributed by atoms with Gasteiger partial charge in [-0.25, -0.2) is 9.78 Å². The zero-order chi connectivity index (χ0) is 17.3. The fraction of sp³-hybridized carbons (Fsp3) is 0.500. The lowest BCUT2D eigenvalue weighted by atomic mass is 10.0. The molecule has 2 aromatic heterocycles. The summed E-state index contributed by atoms with van der Waals surface area (Å²) in [5, 5.41) is 13.9. The quantitative estimate of drug-likeness (QED) is 0.857. The largest absolute Gasteiger partial charge is 0.479 e. The van der Waals surface area contributed by atoms with Crippen molar-refractivity contribution in [1.29, 1.82) is 0 Å². The number of imidazole rings is 1. The van der Waals surface area contributed by atoms with Gasteiger partial charge in [-0.2, -0.15) is 5.10 Å². The van der Waals surface area contributed by atoms with Crippen LogP contribution in [0.3, 0.4) is 0 Å². The van der Waals surface area contributed by atoms with Crippen LogP contribution in [0, 0.1) is 13.8 Å². The summed E-state index contributed by atoms with van der Waals surface area (Å²) in [5.74, 6) is -1.20. The van der Waals surface area contributed by atoms with Crippen molar-refractivity contribution >= 4 is 11.9 Å². The summed E-state index contributed by atoms with van der Waals surface area (Å²) in [5.41, 5.74) is 3.25. The van der Waals surface area contributed by atoms with Crippen LogP contribution < -0.4 is 0 Å². The van der Waals surface area contributed by atoms with Gasteiger partial charge in [-0.3, -0.25) is 9.48 Å². The second kappa shape index (κ2) is 6.46. The number of hydrogen-bond donors (Lipinski definition) is 2. The van der Waals surface area contributed by atoms with E-state index in [1.807, 2.05) is 24.6 Å². The standard InChI is InChI=1S/C16H21N5O3/c1-10-8-11(2)21(19-10)6-3-4-13(22)20-7-5-12-14(18-9-17-12)15(20)16(23)24/h8-9,15H,3-7H2,1-2H3,(H,17,18)(H,23,24)/t15-/m1/s1. The molecule has 24 heavy (non-hydrogen) atoms. The highest BCUT2D eigenvalue weighted by Crippen LogP contribution is 2.28. The molecular weight excluding hydrogens is 310 g/mol. The number of aryl methyl sites for hydroxylation is 3. The summed E-state index contributed by atoms with van der Waals surface area (Å²) in [7, 11) is 0. The summed E-state index contributed by atoms with van der Waals surface area (Å²) in [6.07, 6.45) is 3.00. The number of fused-ring (bicyclic) bond motifs is 1. The number of nitrogens with one attached hydrogen (secondary N) is 1. The molecular formula is C16H21N5O3. The molecule has 0 spiro atoms. The molecule has 0 fully saturated rings. The van der Waals surface area contributed by atoms with E-state index in [-0.39, 0.29) is 5.91 Å². The van der Waals surface area contributed by atoms with Crippen molar-refractivity contribution in [3.05, 3.63) is 35.2 Å². The second-order valence-corrected chi connectivity index (χ2v) is 6.10. The summed E-state index contributed by atoms with van der Waals surface area (Å²) < 4.78 is 1.87. The van der Waals surface area contributed by atoms with Gasteiger partial charge in [-0.05, 0) is 26.3 Å². The molecule has 0 radical (unpaired) electrons. The Hall–Kier alpha value is -2.64. The summed E-state index contributed by atoms with van der Waals surface area (Å²) in [6, 6.07) is 0.993. The summed E-state index contributed by atoms with van der Waals surface area (Å²) in [4.78, 5) is 32.6. The first kappa shape index (κ1) is 16.2. The number of carboxylic acid groups (broad SMARTS) is 1. The zero-order valence-corrected chi connectivity index (χ0v) is 13.8. The van der Waals surface area contributed by atoms with Crippen molar-refractivity contribution < 1.29 is 14.7 Å². The number of carbonyl (C=O) groups excluding carboxylic acids is 1. The molecule has 3 heterocycles. The molecule has 2 aromatic rings. The number of carboxylic acids is 1. The number of nitrogens with zero attached hydrogens (tertiary/aromatic N) is 4. The molecule has 128 valence electrons. The van der Waals surface area contributed by atoms with Crippen LogP contribution in [0.5, 0.6) is 0 Å². The van der Waals surface area contributed by atoms with E-state index in [9.17, 15) is 14.7 Å². The number of amides is 1. The van der Waals surface area contributed by atoms with Crippen LogP contribution >= 0.6 is 0 Å². The lowest BCUT2D eigenvalue weighted by Gasteiger charge is -2.32. The van der Waals surface area contributed by atoms with E-state index in [0.717, 1.165) is 17.1 Å². The number of aromatic amines is 1. The Morgan fingerprint density at radius 3 is 2.88 bits per heavy atom. The summed E-state index contributed by atoms with van der Waals surface area (Å²) >= 11 is 0. The number of aliphatic carboxylic acids is 1. The predicted molar refractivity (Wildman–Crippen MR) is 85.3 cm³/mol. The molecule has 2 N–H and O–H groups in total. The highest BCUT2D eigenvalue weighted by molar-refractivity contribution is 5.85. The third kappa shape index (κ3) is 3.04. The third-order valence-electron chi connectivity index (χ3n) is 4.34. The minimum atomic E-state index is -1.05. The Kier molecular flexibility index (Phi) is 4.37. The Morgan fingerprint density at radius 1 is 1.42 bits per heavy atom. The number of hydrogen-bond acceptors (Lipinski definition) is 4. The van der Waals surface area contributed by atoms with Crippen LogP contribution in [0.4, 0.5) is 0 Å². The highest BCUT2D eigenvalue weighted by atomic mass is 16.4. The molecule has 0 unspecified atom stereocenters. The van der Waals surface area contributed by atoms with E-state index in [4.69, 9.17) is 0 Å². The van der Waals surface area contributed by atoms with Crippen molar-refractivity contribution in [3.63, 3.8) is 0 Å². The van der Waals surface area contributed by atoms with Gasteiger partial charge >= 0.3 is 5.97 Å². The Balaban J connectivity index is 1.64. The maximum absolute atomic E-state index is 12.5. The second-order valence-electron chi connectivity index (χ2n) is 6.10. The van der Waals surface area contributed by atoms with Crippen LogP contribution in [0.1, 0.15) is 41.7 Å². The van der Waals surface area contributed by atoms with Gasteiger partial charge in [0.2, 0.25) is 5.91 Å². The van der Waals surface area contributed by atoms with Crippen molar-refractivity contribution in [1.82, 2.24) is 24.6 Å². The molecule has 0 saturated carbocycles. The van der Waals surface area contributed by atoms with Crippen molar-refractivity contribution in [3.8, 4) is 0 Å². The zero-order valence-electron chi connectivity index (χ0n) is 13.8. The minimum Gasteiger partial charge on any atom is -0.479 e. The van der Waals surface area contributed by atoms with Gasteiger partial charge < -0.3 is 15.0 Å². The third-order valence-corrected chi connectivity index (χ3v) is 4.34. The molecule has 0 aliphatic carbocycles. The fourth-order valence-electron chi connectivity index (χ4n) is 3.22. The molecule has 8 heteroatoms. The van der Waals surface area contributed by atoms with Crippen molar-refractivity contribution in [2.75, 3.05) is 6.54 Å². The van der Waals surface area contributed by atoms with Gasteiger partial charge in [0.05, 0.1) is 17.7 Å². The molecule has 1 aliphatic rings. The van der Waals surface area contributed by atoms with E-state index in [1.54, 1.807) is 0 Å². The average molecular weight is 331 g/mol. The van der Waals surface area contributed by atoms with Gasteiger partial charge in [0, 0.05) is 37.3 Å². The normalized spacial score (nSPS) is 16.9. The van der Waals surface area contributed by atoms with Crippen LogP contribution in [0.15, 0.2) is 12.4 Å². The monoisotopic (exact) mass is 331 g/mol. The number of aromatic nitrogens is 4. The van der Waals surface area contributed by atoms with Crippen LogP contribution in [-0.4, -0.2) is 48.2 Å². The molecule has 0 aromatic carbocycles. The first-order valence-electron chi connectivity index (χ1n) is 8.03. The van der Waals surface area contributed by atoms with Gasteiger partial charge in [-0.15, -0.1) is 0 Å². The van der Waals surface area contributed by atoms with Crippen molar-refractivity contribution in [2.45, 2.75) is 45.7 Å². The fourth-order valence-corrected chi connectivity index (χ4v) is 3.22. The topological polar surface area (TPSA) is 104 Å². The van der Waals surface area contributed by atoms with E-state index in [0.29, 0.717) is 38.0 Å². The molecule has 3 rings (SSSR count). The first-order valence-corrected chi connectivity index (χ1v) is 8.03. The number of H-pyrrole nitrogens is 1.